The lowest BCUT2D eigenvalue weighted by atomic mass is 9.83. The number of halogens is 1. The van der Waals surface area contributed by atoms with Crippen molar-refractivity contribution in [3.63, 3.8) is 0 Å². The van der Waals surface area contributed by atoms with Crippen molar-refractivity contribution in [3.05, 3.63) is 112 Å². The van der Waals surface area contributed by atoms with E-state index in [0.29, 0.717) is 17.5 Å². The molecule has 0 saturated heterocycles. The molecular weight excluding hydrogens is 530 g/mol. The van der Waals surface area contributed by atoms with Gasteiger partial charge in [-0.05, 0) is 79.1 Å². The number of nitrogens with one attached hydrogen (secondary N) is 1. The summed E-state index contributed by atoms with van der Waals surface area (Å²) in [5, 5.41) is 16.2. The summed E-state index contributed by atoms with van der Waals surface area (Å²) >= 11 is 6.40. The number of pyridine rings is 1. The molecule has 2 N–H and O–H groups in total. The average molecular weight is 566 g/mol. The van der Waals surface area contributed by atoms with Crippen LogP contribution in [0.4, 0.5) is 0 Å². The quantitative estimate of drug-likeness (QED) is 0.203. The van der Waals surface area contributed by atoms with Gasteiger partial charge in [0.25, 0.3) is 0 Å². The summed E-state index contributed by atoms with van der Waals surface area (Å²) in [6.07, 6.45) is 4.39. The highest BCUT2D eigenvalue weighted by Gasteiger charge is 2.33. The summed E-state index contributed by atoms with van der Waals surface area (Å²) in [5.74, 6) is 0.0434. The summed E-state index contributed by atoms with van der Waals surface area (Å²) in [4.78, 5) is 18.7. The van der Waals surface area contributed by atoms with Crippen LogP contribution in [0.25, 0.3) is 21.9 Å². The molecule has 5 aromatic rings. The van der Waals surface area contributed by atoms with Crippen LogP contribution < -0.4 is 5.32 Å². The first-order chi connectivity index (χ1) is 19.9. The van der Waals surface area contributed by atoms with Gasteiger partial charge in [0, 0.05) is 28.0 Å². The maximum absolute atomic E-state index is 13.8. The number of aliphatic hydroxyl groups excluding tert-OH is 1. The third-order valence-electron chi connectivity index (χ3n) is 8.63. The average Bonchev–Trinajstić information content (AvgIpc) is 3.60. The van der Waals surface area contributed by atoms with Crippen LogP contribution >= 0.6 is 11.6 Å². The van der Waals surface area contributed by atoms with Crippen LogP contribution in [0.15, 0.2) is 78.9 Å². The first-order valence-electron chi connectivity index (χ1n) is 14.5. The number of fused-ring (bicyclic) bond motifs is 3. The molecule has 0 bridgehead atoms. The lowest BCUT2D eigenvalue weighted by molar-refractivity contribution is -0.124. The van der Waals surface area contributed by atoms with E-state index in [4.69, 9.17) is 16.6 Å². The highest BCUT2D eigenvalue weighted by atomic mass is 35.5. The standard InChI is InChI=1S/C35H36ClN3O2/c1-22-18-23(2)37-34-32(22)29-19-28(36)16-17-31(29)39(34)20-24-12-14-27(15-13-24)33(26-10-6-7-11-26)35(41)38-30(21-40)25-8-4-3-5-9-25/h3-5,8-9,12-19,26,30,33,40H,6-7,10-11,20-21H2,1-2H3,(H,38,41)/t30-,33-/m0/s1. The second-order valence-electron chi connectivity index (χ2n) is 11.4. The number of hydrogen-bond donors (Lipinski definition) is 2. The van der Waals surface area contributed by atoms with Crippen molar-refractivity contribution >= 4 is 39.4 Å². The SMILES string of the molecule is Cc1cc(C)c2c3cc(Cl)ccc3n(Cc3ccc([C@@H](C(=O)N[C@@H](CO)c4ccccc4)C4CCCC4)cc3)c2n1. The van der Waals surface area contributed by atoms with E-state index in [2.05, 4.69) is 53.2 Å². The van der Waals surface area contributed by atoms with Gasteiger partial charge in [-0.1, -0.05) is 79.0 Å². The normalized spacial score (nSPS) is 15.4. The molecule has 5 nitrogen and oxygen atoms in total. The van der Waals surface area contributed by atoms with Crippen molar-refractivity contribution in [3.8, 4) is 0 Å². The highest BCUT2D eigenvalue weighted by Crippen LogP contribution is 2.38. The number of carbonyl (C=O) groups excluding carboxylic acids is 1. The Kier molecular flexibility index (Phi) is 7.83. The maximum atomic E-state index is 13.8. The lowest BCUT2D eigenvalue weighted by Crippen LogP contribution is -2.37. The second kappa shape index (κ2) is 11.7. The molecule has 0 aliphatic heterocycles. The van der Waals surface area contributed by atoms with Gasteiger partial charge in [-0.3, -0.25) is 4.79 Å². The van der Waals surface area contributed by atoms with Gasteiger partial charge < -0.3 is 15.0 Å². The Balaban J connectivity index is 1.31. The molecule has 1 aliphatic carbocycles. The van der Waals surface area contributed by atoms with Crippen molar-refractivity contribution in [2.75, 3.05) is 6.61 Å². The summed E-state index contributed by atoms with van der Waals surface area (Å²) in [6.45, 7) is 4.69. The largest absolute Gasteiger partial charge is 0.394 e. The van der Waals surface area contributed by atoms with Crippen LogP contribution in [-0.4, -0.2) is 27.2 Å². The zero-order chi connectivity index (χ0) is 28.5. The molecular formula is C35H36ClN3O2. The van der Waals surface area contributed by atoms with Gasteiger partial charge in [0.05, 0.1) is 24.1 Å². The molecule has 210 valence electrons. The Bertz CT molecular complexity index is 1690. The van der Waals surface area contributed by atoms with E-state index in [9.17, 15) is 9.90 Å². The van der Waals surface area contributed by atoms with E-state index in [0.717, 1.165) is 70.0 Å². The molecule has 0 spiro atoms. The summed E-state index contributed by atoms with van der Waals surface area (Å²) in [7, 11) is 0. The van der Waals surface area contributed by atoms with Gasteiger partial charge in [-0.2, -0.15) is 0 Å². The molecule has 1 fully saturated rings. The van der Waals surface area contributed by atoms with Crippen LogP contribution in [0, 0.1) is 19.8 Å². The number of amides is 1. The van der Waals surface area contributed by atoms with Gasteiger partial charge in [0.1, 0.15) is 5.65 Å². The number of hydrogen-bond acceptors (Lipinski definition) is 3. The summed E-state index contributed by atoms with van der Waals surface area (Å²) in [6, 6.07) is 25.9. The minimum Gasteiger partial charge on any atom is -0.394 e. The van der Waals surface area contributed by atoms with E-state index >= 15 is 0 Å². The van der Waals surface area contributed by atoms with Crippen molar-refractivity contribution in [1.29, 1.82) is 0 Å². The van der Waals surface area contributed by atoms with Crippen molar-refractivity contribution in [2.24, 2.45) is 5.92 Å². The molecule has 6 heteroatoms. The number of benzene rings is 3. The van der Waals surface area contributed by atoms with E-state index in [1.807, 2.05) is 49.4 Å². The number of aliphatic hydroxyl groups is 1. The molecule has 6 rings (SSSR count). The predicted octanol–water partition coefficient (Wildman–Crippen LogP) is 7.63. The Morgan fingerprint density at radius 1 is 1.00 bits per heavy atom. The molecule has 2 heterocycles. The van der Waals surface area contributed by atoms with Gasteiger partial charge in [-0.15, -0.1) is 0 Å². The number of aromatic nitrogens is 2. The highest BCUT2D eigenvalue weighted by molar-refractivity contribution is 6.31. The molecule has 1 aliphatic rings. The fourth-order valence-electron chi connectivity index (χ4n) is 6.69. The molecule has 1 amide bonds. The smallest absolute Gasteiger partial charge is 0.228 e. The number of carbonyl (C=O) groups is 1. The van der Waals surface area contributed by atoms with Crippen LogP contribution in [0.5, 0.6) is 0 Å². The Hall–Kier alpha value is -3.67. The van der Waals surface area contributed by atoms with Gasteiger partial charge in [-0.25, -0.2) is 4.98 Å². The minimum absolute atomic E-state index is 0.0121. The number of rotatable bonds is 8. The van der Waals surface area contributed by atoms with Gasteiger partial charge >= 0.3 is 0 Å². The fraction of sp³-hybridized carbons (Fsp3) is 0.314. The monoisotopic (exact) mass is 565 g/mol. The lowest BCUT2D eigenvalue weighted by Gasteiger charge is -2.26. The van der Waals surface area contributed by atoms with Crippen LogP contribution in [0.3, 0.4) is 0 Å². The Morgan fingerprint density at radius 3 is 2.44 bits per heavy atom. The topological polar surface area (TPSA) is 67.2 Å². The molecule has 0 unspecified atom stereocenters. The predicted molar refractivity (Wildman–Crippen MR) is 166 cm³/mol. The molecule has 2 aromatic heterocycles. The first kappa shape index (κ1) is 27.5. The molecule has 1 saturated carbocycles. The van der Waals surface area contributed by atoms with Crippen LogP contribution in [-0.2, 0) is 11.3 Å². The summed E-state index contributed by atoms with van der Waals surface area (Å²) in [5.41, 5.74) is 7.33. The molecule has 41 heavy (non-hydrogen) atoms. The van der Waals surface area contributed by atoms with E-state index in [-0.39, 0.29) is 18.4 Å². The molecule has 3 aromatic carbocycles. The zero-order valence-electron chi connectivity index (χ0n) is 23.6. The third kappa shape index (κ3) is 5.49. The molecule has 0 radical (unpaired) electrons. The fourth-order valence-corrected chi connectivity index (χ4v) is 6.86. The van der Waals surface area contributed by atoms with E-state index < -0.39 is 6.04 Å². The zero-order valence-corrected chi connectivity index (χ0v) is 24.4. The number of nitrogens with zero attached hydrogens (tertiary/aromatic N) is 2. The van der Waals surface area contributed by atoms with Gasteiger partial charge in [0.15, 0.2) is 0 Å². The third-order valence-corrected chi connectivity index (χ3v) is 8.87. The van der Waals surface area contributed by atoms with E-state index in [1.165, 1.54) is 5.56 Å². The minimum atomic E-state index is -0.421. The Morgan fingerprint density at radius 2 is 1.73 bits per heavy atom. The summed E-state index contributed by atoms with van der Waals surface area (Å²) < 4.78 is 2.27. The maximum Gasteiger partial charge on any atom is 0.228 e. The molecule has 2 atom stereocenters. The van der Waals surface area contributed by atoms with Crippen LogP contribution in [0.1, 0.15) is 65.6 Å². The first-order valence-corrected chi connectivity index (χ1v) is 14.9. The van der Waals surface area contributed by atoms with Crippen molar-refractivity contribution < 1.29 is 9.90 Å². The second-order valence-corrected chi connectivity index (χ2v) is 11.9. The van der Waals surface area contributed by atoms with E-state index in [1.54, 1.807) is 0 Å². The van der Waals surface area contributed by atoms with Crippen molar-refractivity contribution in [1.82, 2.24) is 14.9 Å². The van der Waals surface area contributed by atoms with Crippen molar-refractivity contribution in [2.45, 2.75) is 58.0 Å². The Labute approximate surface area is 246 Å². The van der Waals surface area contributed by atoms with Gasteiger partial charge in [0.2, 0.25) is 5.91 Å². The van der Waals surface area contributed by atoms with Crippen LogP contribution in [0.2, 0.25) is 5.02 Å². The number of aryl methyl sites for hydroxylation is 2.